The molecule has 0 atom stereocenters. The number of carbonyl (C=O) groups is 2. The molecule has 1 heterocycles. The fourth-order valence-corrected chi connectivity index (χ4v) is 2.66. The van der Waals surface area contributed by atoms with Crippen LogP contribution in [0.15, 0.2) is 54.7 Å². The number of imide groups is 1. The molecule has 1 aliphatic rings. The van der Waals surface area contributed by atoms with Crippen LogP contribution in [0, 0.1) is 6.92 Å². The zero-order valence-electron chi connectivity index (χ0n) is 13.4. The van der Waals surface area contributed by atoms with Crippen LogP contribution in [0.5, 0.6) is 0 Å². The van der Waals surface area contributed by atoms with Gasteiger partial charge in [-0.1, -0.05) is 35.9 Å². The zero-order valence-corrected chi connectivity index (χ0v) is 13.4. The zero-order chi connectivity index (χ0) is 16.6. The van der Waals surface area contributed by atoms with Gasteiger partial charge in [-0.3, -0.25) is 9.59 Å². The highest BCUT2D eigenvalue weighted by atomic mass is 16.2. The van der Waals surface area contributed by atoms with Crippen molar-refractivity contribution in [2.24, 2.45) is 0 Å². The number of amides is 2. The number of hydrogen-bond donors (Lipinski definition) is 0. The van der Waals surface area contributed by atoms with Gasteiger partial charge in [0.05, 0.1) is 11.3 Å². The van der Waals surface area contributed by atoms with Gasteiger partial charge >= 0.3 is 0 Å². The molecule has 116 valence electrons. The lowest BCUT2D eigenvalue weighted by atomic mass is 9.93. The summed E-state index contributed by atoms with van der Waals surface area (Å²) in [6.45, 7) is 1.97. The van der Waals surface area contributed by atoms with E-state index < -0.39 is 0 Å². The van der Waals surface area contributed by atoms with Crippen molar-refractivity contribution in [3.8, 4) is 0 Å². The van der Waals surface area contributed by atoms with Gasteiger partial charge in [-0.25, -0.2) is 4.90 Å². The molecule has 1 aliphatic heterocycles. The van der Waals surface area contributed by atoms with Gasteiger partial charge in [-0.15, -0.1) is 0 Å². The molecule has 2 amide bonds. The second-order valence-electron chi connectivity index (χ2n) is 5.83. The van der Waals surface area contributed by atoms with Crippen molar-refractivity contribution in [1.82, 2.24) is 4.90 Å². The molecule has 4 heteroatoms. The lowest BCUT2D eigenvalue weighted by Crippen LogP contribution is -2.42. The summed E-state index contributed by atoms with van der Waals surface area (Å²) in [6.07, 6.45) is 1.76. The van der Waals surface area contributed by atoms with Crippen LogP contribution in [-0.4, -0.2) is 30.8 Å². The standard InChI is InChI=1S/C19H18N2O2/c1-13-8-10-14(11-9-13)21-18(22)16-7-5-4-6-15(16)17(19(21)23)12-20(2)3/h4-12H,1-3H3/b17-12-. The summed E-state index contributed by atoms with van der Waals surface area (Å²) in [4.78, 5) is 28.8. The third-order valence-electron chi connectivity index (χ3n) is 3.76. The lowest BCUT2D eigenvalue weighted by molar-refractivity contribution is -0.112. The Morgan fingerprint density at radius 2 is 1.48 bits per heavy atom. The third kappa shape index (κ3) is 2.63. The number of rotatable bonds is 2. The summed E-state index contributed by atoms with van der Waals surface area (Å²) < 4.78 is 0. The van der Waals surface area contributed by atoms with E-state index in [2.05, 4.69) is 0 Å². The molecule has 0 unspecified atom stereocenters. The maximum Gasteiger partial charge on any atom is 0.267 e. The predicted molar refractivity (Wildman–Crippen MR) is 91.1 cm³/mol. The van der Waals surface area contributed by atoms with Gasteiger partial charge in [0.25, 0.3) is 11.8 Å². The van der Waals surface area contributed by atoms with Gasteiger partial charge in [-0.05, 0) is 25.1 Å². The Hall–Kier alpha value is -2.88. The molecule has 0 spiro atoms. The molecule has 0 aromatic heterocycles. The van der Waals surface area contributed by atoms with Crippen LogP contribution in [0.4, 0.5) is 5.69 Å². The number of nitrogens with zero attached hydrogens (tertiary/aromatic N) is 2. The number of aryl methyl sites for hydroxylation is 1. The first kappa shape index (κ1) is 15.0. The van der Waals surface area contributed by atoms with Gasteiger partial charge in [0, 0.05) is 31.4 Å². The Kier molecular flexibility index (Phi) is 3.74. The van der Waals surface area contributed by atoms with Crippen LogP contribution in [-0.2, 0) is 4.79 Å². The quantitative estimate of drug-likeness (QED) is 0.632. The fraction of sp³-hybridized carbons (Fsp3) is 0.158. The van der Waals surface area contributed by atoms with Gasteiger partial charge in [0.1, 0.15) is 0 Å². The van der Waals surface area contributed by atoms with E-state index in [-0.39, 0.29) is 11.8 Å². The molecule has 0 bridgehead atoms. The average molecular weight is 306 g/mol. The first-order chi connectivity index (χ1) is 11.0. The Labute approximate surface area is 135 Å². The molecular weight excluding hydrogens is 288 g/mol. The monoisotopic (exact) mass is 306 g/mol. The van der Waals surface area contributed by atoms with E-state index in [1.54, 1.807) is 24.4 Å². The van der Waals surface area contributed by atoms with Crippen LogP contribution in [0.25, 0.3) is 5.57 Å². The summed E-state index contributed by atoms with van der Waals surface area (Å²) in [5.41, 5.74) is 3.41. The van der Waals surface area contributed by atoms with Crippen LogP contribution in [0.2, 0.25) is 0 Å². The van der Waals surface area contributed by atoms with Crippen molar-refractivity contribution in [1.29, 1.82) is 0 Å². The molecule has 3 rings (SSSR count). The first-order valence-electron chi connectivity index (χ1n) is 7.42. The smallest absolute Gasteiger partial charge is 0.267 e. The second kappa shape index (κ2) is 5.72. The topological polar surface area (TPSA) is 40.6 Å². The van der Waals surface area contributed by atoms with Gasteiger partial charge in [0.2, 0.25) is 0 Å². The largest absolute Gasteiger partial charge is 0.383 e. The Morgan fingerprint density at radius 1 is 0.870 bits per heavy atom. The highest BCUT2D eigenvalue weighted by Crippen LogP contribution is 2.32. The van der Waals surface area contributed by atoms with Gasteiger partial charge < -0.3 is 4.90 Å². The number of hydrogen-bond acceptors (Lipinski definition) is 3. The van der Waals surface area contributed by atoms with Crippen molar-refractivity contribution in [3.05, 3.63) is 71.4 Å². The minimum atomic E-state index is -0.300. The number of benzene rings is 2. The number of carbonyl (C=O) groups excluding carboxylic acids is 2. The van der Waals surface area contributed by atoms with Crippen LogP contribution in [0.3, 0.4) is 0 Å². The molecule has 0 aliphatic carbocycles. The molecule has 0 saturated carbocycles. The number of anilines is 1. The van der Waals surface area contributed by atoms with Crippen LogP contribution >= 0.6 is 0 Å². The lowest BCUT2D eigenvalue weighted by Gasteiger charge is -2.29. The second-order valence-corrected chi connectivity index (χ2v) is 5.83. The van der Waals surface area contributed by atoms with E-state index in [4.69, 9.17) is 0 Å². The molecule has 0 saturated heterocycles. The van der Waals surface area contributed by atoms with E-state index >= 15 is 0 Å². The van der Waals surface area contributed by atoms with Crippen molar-refractivity contribution >= 4 is 23.1 Å². The van der Waals surface area contributed by atoms with Crippen LogP contribution < -0.4 is 4.90 Å². The van der Waals surface area contributed by atoms with Gasteiger partial charge in [0.15, 0.2) is 0 Å². The van der Waals surface area contributed by atoms with Crippen molar-refractivity contribution in [3.63, 3.8) is 0 Å². The number of fused-ring (bicyclic) bond motifs is 1. The molecule has 23 heavy (non-hydrogen) atoms. The average Bonchev–Trinajstić information content (AvgIpc) is 2.53. The first-order valence-corrected chi connectivity index (χ1v) is 7.42. The van der Waals surface area contributed by atoms with Gasteiger partial charge in [-0.2, -0.15) is 0 Å². The van der Waals surface area contributed by atoms with E-state index in [0.717, 1.165) is 5.56 Å². The van der Waals surface area contributed by atoms with Crippen LogP contribution in [0.1, 0.15) is 21.5 Å². The third-order valence-corrected chi connectivity index (χ3v) is 3.76. The van der Waals surface area contributed by atoms with E-state index in [9.17, 15) is 9.59 Å². The Morgan fingerprint density at radius 3 is 2.09 bits per heavy atom. The van der Waals surface area contributed by atoms with E-state index in [0.29, 0.717) is 22.4 Å². The minimum absolute atomic E-state index is 0.287. The highest BCUT2D eigenvalue weighted by Gasteiger charge is 2.35. The summed E-state index contributed by atoms with van der Waals surface area (Å²) >= 11 is 0. The summed E-state index contributed by atoms with van der Waals surface area (Å²) in [6, 6.07) is 14.6. The Bertz CT molecular complexity index is 804. The normalized spacial score (nSPS) is 15.8. The SMILES string of the molecule is Cc1ccc(N2C(=O)/C(=C\N(C)C)c3ccccc3C2=O)cc1. The minimum Gasteiger partial charge on any atom is -0.383 e. The van der Waals surface area contributed by atoms with Crippen molar-refractivity contribution in [2.45, 2.75) is 6.92 Å². The highest BCUT2D eigenvalue weighted by molar-refractivity contribution is 6.40. The molecule has 0 fully saturated rings. The van der Waals surface area contributed by atoms with E-state index in [1.165, 1.54) is 4.90 Å². The van der Waals surface area contributed by atoms with Crippen molar-refractivity contribution in [2.75, 3.05) is 19.0 Å². The summed E-state index contributed by atoms with van der Waals surface area (Å²) in [5.74, 6) is -0.586. The Balaban J connectivity index is 2.18. The molecular formula is C19H18N2O2. The molecule has 0 N–H and O–H groups in total. The summed E-state index contributed by atoms with van der Waals surface area (Å²) in [7, 11) is 3.71. The molecule has 2 aromatic carbocycles. The molecule has 2 aromatic rings. The maximum absolute atomic E-state index is 12.9. The maximum atomic E-state index is 12.9. The van der Waals surface area contributed by atoms with Crippen molar-refractivity contribution < 1.29 is 9.59 Å². The molecule has 4 nitrogen and oxygen atoms in total. The van der Waals surface area contributed by atoms with E-state index in [1.807, 2.05) is 56.3 Å². The fourth-order valence-electron chi connectivity index (χ4n) is 2.66. The molecule has 0 radical (unpaired) electrons. The predicted octanol–water partition coefficient (Wildman–Crippen LogP) is 3.08. The summed E-state index contributed by atoms with van der Waals surface area (Å²) in [5, 5.41) is 0.